The predicted octanol–water partition coefficient (Wildman–Crippen LogP) is 19.2. The van der Waals surface area contributed by atoms with Gasteiger partial charge in [0, 0.05) is 6.42 Å². The van der Waals surface area contributed by atoms with Gasteiger partial charge in [0.1, 0.15) is 24.4 Å². The molecule has 1 heterocycles. The first kappa shape index (κ1) is 83.3. The molecule has 0 radical (unpaired) electrons. The van der Waals surface area contributed by atoms with E-state index in [1.54, 1.807) is 6.08 Å². The minimum Gasteiger partial charge on any atom is -0.454 e. The van der Waals surface area contributed by atoms with E-state index in [2.05, 4.69) is 123 Å². The molecule has 8 atom stereocenters. The van der Waals surface area contributed by atoms with Crippen LogP contribution in [-0.2, 0) is 23.8 Å². The van der Waals surface area contributed by atoms with Crippen LogP contribution in [0.15, 0.2) is 109 Å². The number of esters is 1. The van der Waals surface area contributed by atoms with Crippen LogP contribution in [0.4, 0.5) is 0 Å². The second kappa shape index (κ2) is 64.4. The van der Waals surface area contributed by atoms with E-state index in [4.69, 9.17) is 14.2 Å². The molecule has 1 amide bonds. The van der Waals surface area contributed by atoms with Crippen LogP contribution in [0, 0.1) is 0 Å². The van der Waals surface area contributed by atoms with E-state index in [0.29, 0.717) is 12.8 Å². The molecule has 0 aromatic heterocycles. The topological polar surface area (TPSA) is 175 Å². The number of nitrogens with one attached hydrogen (secondary N) is 1. The molecule has 11 heteroatoms. The number of unbranched alkanes of at least 4 members (excludes halogenated alkanes) is 32. The largest absolute Gasteiger partial charge is 0.454 e. The van der Waals surface area contributed by atoms with E-state index >= 15 is 0 Å². The van der Waals surface area contributed by atoms with E-state index in [0.717, 1.165) is 116 Å². The van der Waals surface area contributed by atoms with Crippen LogP contribution in [0.2, 0.25) is 0 Å². The second-order valence-corrected chi connectivity index (χ2v) is 24.9. The lowest BCUT2D eigenvalue weighted by atomic mass is 9.99. The number of amides is 1. The van der Waals surface area contributed by atoms with Gasteiger partial charge in [-0.1, -0.05) is 304 Å². The van der Waals surface area contributed by atoms with E-state index < -0.39 is 67.4 Å². The Labute approximate surface area is 545 Å². The summed E-state index contributed by atoms with van der Waals surface area (Å²) in [6.45, 7) is 5.67. The van der Waals surface area contributed by atoms with Gasteiger partial charge in [0.25, 0.3) is 0 Å². The van der Waals surface area contributed by atoms with Crippen LogP contribution >= 0.6 is 0 Å². The summed E-state index contributed by atoms with van der Waals surface area (Å²) in [6, 6.07) is -1.04. The molecule has 0 aromatic carbocycles. The van der Waals surface area contributed by atoms with E-state index in [1.807, 2.05) is 6.08 Å². The first-order valence-corrected chi connectivity index (χ1v) is 36.7. The minimum atomic E-state index is -1.62. The van der Waals surface area contributed by atoms with Gasteiger partial charge in [-0.15, -0.1) is 0 Å². The Morgan fingerprint density at radius 2 is 0.809 bits per heavy atom. The third kappa shape index (κ3) is 51.5. The summed E-state index contributed by atoms with van der Waals surface area (Å²) >= 11 is 0. The standard InChI is InChI=1S/C78H135NO10/c1-4-7-10-13-16-19-22-25-27-29-31-33-35-37-38-40-42-44-47-50-53-56-59-62-65-71(82)77(86)79-69(70(81)64-61-58-55-52-49-46-24-21-18-15-12-9-6-3)68-87-78-76(75(85)74(84)72(67-80)88-78)89-73(83)66-63-60-57-54-51-48-45-43-41-39-36-34-32-30-28-26-23-20-17-14-11-8-5-2/h7,10,16-17,19-20,25-28,31,33,37-38,42,44,61,64,69-72,74-76,78,80-82,84-85H,4-6,8-9,11-15,18,21-24,29-30,32,34-36,39-41,43,45-60,62-63,65-68H2,1-3H3,(H,79,86)/b10-7-,19-16-,20-17-,27-25-,28-26-,33-31-,38-37-,44-42-,64-61+. The quantitative estimate of drug-likeness (QED) is 0.0195. The van der Waals surface area contributed by atoms with Crippen molar-refractivity contribution in [2.75, 3.05) is 13.2 Å². The van der Waals surface area contributed by atoms with Crippen molar-refractivity contribution in [3.8, 4) is 0 Å². The van der Waals surface area contributed by atoms with Crippen molar-refractivity contribution in [1.82, 2.24) is 5.32 Å². The van der Waals surface area contributed by atoms with Crippen LogP contribution in [0.3, 0.4) is 0 Å². The maximum Gasteiger partial charge on any atom is 0.306 e. The van der Waals surface area contributed by atoms with Gasteiger partial charge in [-0.2, -0.15) is 0 Å². The summed E-state index contributed by atoms with van der Waals surface area (Å²) in [5, 5.41) is 57.3. The van der Waals surface area contributed by atoms with E-state index in [-0.39, 0.29) is 19.4 Å². The van der Waals surface area contributed by atoms with Crippen molar-refractivity contribution in [1.29, 1.82) is 0 Å². The lowest BCUT2D eigenvalue weighted by Crippen LogP contribution is -2.61. The molecule has 1 fully saturated rings. The fraction of sp³-hybridized carbons (Fsp3) is 0.744. The zero-order valence-corrected chi connectivity index (χ0v) is 57.0. The fourth-order valence-electron chi connectivity index (χ4n) is 10.9. The van der Waals surface area contributed by atoms with Gasteiger partial charge >= 0.3 is 5.97 Å². The SMILES string of the molecule is CC/C=C\C/C=C\C/C=C\C/C=C\C/C=C\C/C=C\CCCCCCCC(O)C(=O)NC(COC1OC(CO)C(O)C(O)C1OC(=O)CCCCCCCCCCCCCCC/C=C\C/C=C\CCCCC)C(O)/C=C/CCCCCCCCCCCCC. The van der Waals surface area contributed by atoms with E-state index in [9.17, 15) is 35.1 Å². The van der Waals surface area contributed by atoms with Gasteiger partial charge in [-0.05, 0) is 109 Å². The molecule has 1 rings (SSSR count). The maximum absolute atomic E-state index is 13.5. The first-order valence-electron chi connectivity index (χ1n) is 36.7. The molecule has 89 heavy (non-hydrogen) atoms. The average molecular weight is 1250 g/mol. The summed E-state index contributed by atoms with van der Waals surface area (Å²) in [6.07, 6.45) is 78.3. The highest BCUT2D eigenvalue weighted by Crippen LogP contribution is 2.26. The maximum atomic E-state index is 13.5. The molecule has 1 aliphatic rings. The third-order valence-corrected chi connectivity index (χ3v) is 16.7. The van der Waals surface area contributed by atoms with Crippen LogP contribution in [0.5, 0.6) is 0 Å². The van der Waals surface area contributed by atoms with Gasteiger partial charge < -0.3 is 45.1 Å². The predicted molar refractivity (Wildman–Crippen MR) is 375 cm³/mol. The highest BCUT2D eigenvalue weighted by atomic mass is 16.7. The minimum absolute atomic E-state index is 0.117. The molecule has 512 valence electrons. The third-order valence-electron chi connectivity index (χ3n) is 16.7. The summed E-state index contributed by atoms with van der Waals surface area (Å²) in [5.41, 5.74) is 0. The van der Waals surface area contributed by atoms with Gasteiger partial charge in [0.15, 0.2) is 12.4 Å². The van der Waals surface area contributed by atoms with Gasteiger partial charge in [-0.3, -0.25) is 9.59 Å². The zero-order valence-electron chi connectivity index (χ0n) is 57.0. The highest BCUT2D eigenvalue weighted by Gasteiger charge is 2.47. The number of aliphatic hydroxyl groups is 5. The monoisotopic (exact) mass is 1250 g/mol. The Morgan fingerprint density at radius 1 is 0.449 bits per heavy atom. The molecule has 0 aliphatic carbocycles. The van der Waals surface area contributed by atoms with Crippen molar-refractivity contribution >= 4 is 11.9 Å². The molecule has 0 spiro atoms. The van der Waals surface area contributed by atoms with Crippen LogP contribution in [0.1, 0.15) is 310 Å². The van der Waals surface area contributed by atoms with Crippen molar-refractivity contribution < 1.29 is 49.3 Å². The zero-order chi connectivity index (χ0) is 64.6. The Balaban J connectivity index is 2.60. The van der Waals surface area contributed by atoms with Gasteiger partial charge in [0.05, 0.1) is 25.4 Å². The van der Waals surface area contributed by atoms with Crippen molar-refractivity contribution in [3.05, 3.63) is 109 Å². The molecule has 0 bridgehead atoms. The molecule has 11 nitrogen and oxygen atoms in total. The Kier molecular flexibility index (Phi) is 60.3. The highest BCUT2D eigenvalue weighted by molar-refractivity contribution is 5.80. The summed E-state index contributed by atoms with van der Waals surface area (Å²) in [5.74, 6) is -1.21. The van der Waals surface area contributed by atoms with Crippen LogP contribution in [0.25, 0.3) is 0 Å². The van der Waals surface area contributed by atoms with Crippen molar-refractivity contribution in [3.63, 3.8) is 0 Å². The van der Waals surface area contributed by atoms with E-state index in [1.165, 1.54) is 148 Å². The number of carbonyl (C=O) groups is 2. The Hall–Kier alpha value is -3.68. The van der Waals surface area contributed by atoms with Crippen LogP contribution in [-0.4, -0.2) is 99.6 Å². The molecule has 0 saturated carbocycles. The van der Waals surface area contributed by atoms with Crippen LogP contribution < -0.4 is 5.32 Å². The number of hydrogen-bond donors (Lipinski definition) is 6. The average Bonchev–Trinajstić information content (AvgIpc) is 3.11. The first-order chi connectivity index (χ1) is 43.7. The molecular formula is C78H135NO10. The normalized spacial score (nSPS) is 18.8. The number of allylic oxidation sites excluding steroid dienone is 17. The number of hydrogen-bond acceptors (Lipinski definition) is 10. The number of rotatable bonds is 62. The molecule has 0 aromatic rings. The molecule has 6 N–H and O–H groups in total. The lowest BCUT2D eigenvalue weighted by Gasteiger charge is -2.41. The molecule has 1 aliphatic heterocycles. The smallest absolute Gasteiger partial charge is 0.306 e. The summed E-state index contributed by atoms with van der Waals surface area (Å²) in [7, 11) is 0. The van der Waals surface area contributed by atoms with Crippen molar-refractivity contribution in [2.45, 2.75) is 359 Å². The number of carbonyl (C=O) groups excluding carboxylic acids is 2. The number of aliphatic hydroxyl groups excluding tert-OH is 5. The lowest BCUT2D eigenvalue weighted by molar-refractivity contribution is -0.305. The second-order valence-electron chi connectivity index (χ2n) is 24.9. The van der Waals surface area contributed by atoms with Gasteiger partial charge in [-0.25, -0.2) is 0 Å². The van der Waals surface area contributed by atoms with Gasteiger partial charge in [0.2, 0.25) is 5.91 Å². The Morgan fingerprint density at radius 3 is 1.24 bits per heavy atom. The number of ether oxygens (including phenoxy) is 3. The summed E-state index contributed by atoms with van der Waals surface area (Å²) < 4.78 is 17.7. The molecule has 8 unspecified atom stereocenters. The summed E-state index contributed by atoms with van der Waals surface area (Å²) in [4.78, 5) is 26.7. The van der Waals surface area contributed by atoms with Crippen molar-refractivity contribution in [2.24, 2.45) is 0 Å². The Bertz CT molecular complexity index is 1870. The molecular weight excluding hydrogens is 1110 g/mol. The fourth-order valence-corrected chi connectivity index (χ4v) is 10.9. The molecule has 1 saturated heterocycles.